The summed E-state index contributed by atoms with van der Waals surface area (Å²) in [7, 11) is -3.85. The Balaban J connectivity index is 1.50. The smallest absolute Gasteiger partial charge is 0.280 e. The largest absolute Gasteiger partial charge is 0.301 e. The lowest BCUT2D eigenvalue weighted by molar-refractivity contribution is -0.384. The van der Waals surface area contributed by atoms with Crippen LogP contribution in [-0.2, 0) is 14.8 Å². The highest BCUT2D eigenvalue weighted by Gasteiger charge is 2.39. The van der Waals surface area contributed by atoms with E-state index < -0.39 is 26.9 Å². The molecule has 1 atom stereocenters. The van der Waals surface area contributed by atoms with Crippen LogP contribution in [0.1, 0.15) is 12.8 Å². The summed E-state index contributed by atoms with van der Waals surface area (Å²) >= 11 is 8.19. The van der Waals surface area contributed by atoms with Crippen LogP contribution < -0.4 is 5.32 Å². The number of nitro groups is 1. The van der Waals surface area contributed by atoms with Gasteiger partial charge in [-0.15, -0.1) is 22.7 Å². The number of rotatable bonds is 6. The minimum atomic E-state index is -3.85. The maximum atomic E-state index is 13.0. The fourth-order valence-corrected chi connectivity index (χ4v) is 6.61. The Hall–Kier alpha value is -2.38. The summed E-state index contributed by atoms with van der Waals surface area (Å²) in [5.74, 6) is -0.465. The number of hydrogen-bond acceptors (Lipinski definition) is 8. The van der Waals surface area contributed by atoms with E-state index in [9.17, 15) is 23.3 Å². The summed E-state index contributed by atoms with van der Waals surface area (Å²) in [5.41, 5.74) is 0.489. The molecule has 0 bridgehead atoms. The van der Waals surface area contributed by atoms with Crippen LogP contribution in [0.15, 0.2) is 46.0 Å². The van der Waals surface area contributed by atoms with Crippen LogP contribution >= 0.6 is 34.3 Å². The van der Waals surface area contributed by atoms with Crippen molar-refractivity contribution in [2.75, 3.05) is 11.9 Å². The first-order valence-corrected chi connectivity index (χ1v) is 12.6. The van der Waals surface area contributed by atoms with E-state index in [0.29, 0.717) is 33.6 Å². The fourth-order valence-electron chi connectivity index (χ4n) is 3.22. The van der Waals surface area contributed by atoms with Crippen molar-refractivity contribution in [3.8, 4) is 10.6 Å². The summed E-state index contributed by atoms with van der Waals surface area (Å²) in [4.78, 5) is 28.2. The van der Waals surface area contributed by atoms with Crippen LogP contribution in [0, 0.1) is 10.1 Å². The van der Waals surface area contributed by atoms with Crippen molar-refractivity contribution in [1.82, 2.24) is 9.29 Å². The summed E-state index contributed by atoms with van der Waals surface area (Å²) in [6, 6.07) is 6.38. The zero-order chi connectivity index (χ0) is 22.2. The van der Waals surface area contributed by atoms with Gasteiger partial charge in [0.05, 0.1) is 25.8 Å². The molecule has 1 unspecified atom stereocenters. The van der Waals surface area contributed by atoms with Crippen molar-refractivity contribution in [3.05, 3.63) is 56.2 Å². The number of anilines is 1. The van der Waals surface area contributed by atoms with Gasteiger partial charge in [0.2, 0.25) is 15.9 Å². The average molecular weight is 499 g/mol. The molecule has 0 aliphatic carbocycles. The minimum absolute atomic E-state index is 0.0208. The Morgan fingerprint density at radius 1 is 1.26 bits per heavy atom. The van der Waals surface area contributed by atoms with Gasteiger partial charge in [0.15, 0.2) is 5.13 Å². The van der Waals surface area contributed by atoms with E-state index in [1.807, 2.05) is 0 Å². The summed E-state index contributed by atoms with van der Waals surface area (Å²) in [5, 5.41) is 17.4. The number of thiophene rings is 1. The zero-order valence-electron chi connectivity index (χ0n) is 15.7. The number of thiazole rings is 1. The first-order valence-electron chi connectivity index (χ1n) is 9.03. The quantitative estimate of drug-likeness (QED) is 0.401. The highest BCUT2D eigenvalue weighted by molar-refractivity contribution is 7.89. The van der Waals surface area contributed by atoms with E-state index in [-0.39, 0.29) is 17.1 Å². The predicted octanol–water partition coefficient (Wildman–Crippen LogP) is 4.23. The fraction of sp³-hybridized carbons (Fsp3) is 0.222. The maximum Gasteiger partial charge on any atom is 0.280 e. The Bertz CT molecular complexity index is 1240. The number of hydrogen-bond donors (Lipinski definition) is 1. The molecular weight excluding hydrogens is 484 g/mol. The van der Waals surface area contributed by atoms with Gasteiger partial charge in [0, 0.05) is 23.0 Å². The van der Waals surface area contributed by atoms with Crippen LogP contribution in [0.5, 0.6) is 0 Å². The van der Waals surface area contributed by atoms with E-state index >= 15 is 0 Å². The van der Waals surface area contributed by atoms with Gasteiger partial charge in [-0.05, 0) is 37.1 Å². The second-order valence-corrected chi connectivity index (χ2v) is 10.8. The van der Waals surface area contributed by atoms with E-state index in [2.05, 4.69) is 10.3 Å². The lowest BCUT2D eigenvalue weighted by atomic mass is 10.2. The molecule has 1 N–H and O–H groups in total. The Kier molecular flexibility index (Phi) is 6.08. The molecule has 1 fully saturated rings. The van der Waals surface area contributed by atoms with Gasteiger partial charge >= 0.3 is 0 Å². The van der Waals surface area contributed by atoms with Gasteiger partial charge in [0.25, 0.3) is 5.69 Å². The molecule has 31 heavy (non-hydrogen) atoms. The molecule has 0 spiro atoms. The van der Waals surface area contributed by atoms with Crippen molar-refractivity contribution in [2.45, 2.75) is 23.8 Å². The normalized spacial score (nSPS) is 17.0. The second kappa shape index (κ2) is 8.63. The Morgan fingerprint density at radius 2 is 2.00 bits per heavy atom. The molecule has 3 heterocycles. The predicted molar refractivity (Wildman–Crippen MR) is 119 cm³/mol. The third kappa shape index (κ3) is 4.48. The van der Waals surface area contributed by atoms with Crippen molar-refractivity contribution in [1.29, 1.82) is 0 Å². The number of carbonyl (C=O) groups excluding carboxylic acids is 1. The number of nitrogens with zero attached hydrogens (tertiary/aromatic N) is 3. The molecule has 1 aromatic carbocycles. The third-order valence-corrected chi connectivity index (χ3v) is 8.58. The molecule has 9 nitrogen and oxygen atoms in total. The summed E-state index contributed by atoms with van der Waals surface area (Å²) in [6.07, 6.45) is 0.959. The van der Waals surface area contributed by atoms with Crippen LogP contribution in [0.25, 0.3) is 10.6 Å². The molecule has 0 saturated carbocycles. The van der Waals surface area contributed by atoms with Crippen molar-refractivity contribution >= 4 is 61.0 Å². The minimum Gasteiger partial charge on any atom is -0.301 e. The first-order chi connectivity index (χ1) is 14.8. The molecular formula is C18H15ClN4O5S3. The number of aromatic nitrogens is 1. The topological polar surface area (TPSA) is 123 Å². The van der Waals surface area contributed by atoms with Gasteiger partial charge in [-0.25, -0.2) is 13.4 Å². The molecule has 162 valence electrons. The van der Waals surface area contributed by atoms with Crippen molar-refractivity contribution < 1.29 is 18.1 Å². The molecule has 4 rings (SSSR count). The molecule has 13 heteroatoms. The number of benzene rings is 1. The van der Waals surface area contributed by atoms with E-state index in [1.165, 1.54) is 62.7 Å². The maximum absolute atomic E-state index is 13.0. The van der Waals surface area contributed by atoms with E-state index in [0.717, 1.165) is 0 Å². The van der Waals surface area contributed by atoms with Crippen LogP contribution in [0.2, 0.25) is 5.02 Å². The van der Waals surface area contributed by atoms with Gasteiger partial charge in [-0.1, -0.05) is 11.6 Å². The number of amides is 1. The van der Waals surface area contributed by atoms with Crippen molar-refractivity contribution in [3.63, 3.8) is 0 Å². The van der Waals surface area contributed by atoms with Crippen LogP contribution in [0.3, 0.4) is 0 Å². The molecule has 3 aromatic rings. The van der Waals surface area contributed by atoms with Crippen molar-refractivity contribution in [2.24, 2.45) is 0 Å². The second-order valence-electron chi connectivity index (χ2n) is 6.68. The molecule has 1 saturated heterocycles. The number of nitrogens with one attached hydrogen (secondary N) is 1. The first kappa shape index (κ1) is 21.8. The number of halogens is 1. The Labute approximate surface area is 190 Å². The van der Waals surface area contributed by atoms with Crippen LogP contribution in [0.4, 0.5) is 10.8 Å². The van der Waals surface area contributed by atoms with Gasteiger partial charge in [0.1, 0.15) is 6.04 Å². The molecule has 2 aromatic heterocycles. The highest BCUT2D eigenvalue weighted by Crippen LogP contribution is 2.33. The highest BCUT2D eigenvalue weighted by atomic mass is 35.5. The molecule has 0 radical (unpaired) electrons. The molecule has 1 amide bonds. The number of carbonyl (C=O) groups is 1. The van der Waals surface area contributed by atoms with E-state index in [4.69, 9.17) is 11.6 Å². The summed E-state index contributed by atoms with van der Waals surface area (Å²) in [6.45, 7) is 0.241. The van der Waals surface area contributed by atoms with Crippen LogP contribution in [-0.4, -0.2) is 41.1 Å². The lowest BCUT2D eigenvalue weighted by Gasteiger charge is -2.23. The monoisotopic (exact) mass is 498 g/mol. The van der Waals surface area contributed by atoms with Gasteiger partial charge in [-0.3, -0.25) is 14.9 Å². The summed E-state index contributed by atoms with van der Waals surface area (Å²) < 4.78 is 27.2. The zero-order valence-corrected chi connectivity index (χ0v) is 18.9. The number of sulfonamides is 1. The Morgan fingerprint density at radius 3 is 2.68 bits per heavy atom. The van der Waals surface area contributed by atoms with E-state index in [1.54, 1.807) is 5.38 Å². The average Bonchev–Trinajstić information content (AvgIpc) is 3.48. The molecule has 1 aliphatic rings. The third-order valence-electron chi connectivity index (χ3n) is 4.71. The SMILES string of the molecule is O=C(Nc1nc(-c2cc([N+](=O)[O-])cs2)cs1)C1CCCN1S(=O)(=O)c1ccc(Cl)cc1. The van der Waals surface area contributed by atoms with Gasteiger partial charge in [-0.2, -0.15) is 4.31 Å². The lowest BCUT2D eigenvalue weighted by Crippen LogP contribution is -2.43. The standard InChI is InChI=1S/C18H15ClN4O5S3/c19-11-3-5-13(6-4-11)31(27,28)22-7-1-2-15(22)17(24)21-18-20-14(10-30-18)16-8-12(9-29-16)23(25)26/h3-6,8-10,15H,1-2,7H2,(H,20,21,24). The molecule has 1 aliphatic heterocycles. The van der Waals surface area contributed by atoms with Gasteiger partial charge < -0.3 is 5.32 Å².